The first-order valence-corrected chi connectivity index (χ1v) is 6.44. The number of carboxylic acid groups (broad SMARTS) is 1. The molecule has 0 saturated carbocycles. The third-order valence-electron chi connectivity index (χ3n) is 2.71. The number of carbonyl (C=O) groups excluding carboxylic acids is 3. The smallest absolute Gasteiger partial charge is 0.326 e. The highest BCUT2D eigenvalue weighted by molar-refractivity contribution is 5.90. The van der Waals surface area contributed by atoms with E-state index in [9.17, 15) is 19.2 Å². The van der Waals surface area contributed by atoms with Crippen LogP contribution in [0.2, 0.25) is 0 Å². The van der Waals surface area contributed by atoms with Crippen molar-refractivity contribution in [3.8, 4) is 0 Å². The molecule has 0 fully saturated rings. The van der Waals surface area contributed by atoms with E-state index in [-0.39, 0.29) is 30.4 Å². The molecule has 7 heteroatoms. The van der Waals surface area contributed by atoms with E-state index in [2.05, 4.69) is 10.6 Å². The molecule has 0 heterocycles. The molecule has 0 aromatic heterocycles. The Morgan fingerprint density at radius 1 is 1.05 bits per heavy atom. The summed E-state index contributed by atoms with van der Waals surface area (Å²) in [5.74, 6) is -2.46. The van der Waals surface area contributed by atoms with E-state index in [1.165, 1.54) is 13.8 Å². The van der Waals surface area contributed by atoms with E-state index in [1.54, 1.807) is 13.8 Å². The molecule has 2 amide bonds. The Morgan fingerprint density at radius 2 is 1.60 bits per heavy atom. The van der Waals surface area contributed by atoms with Crippen LogP contribution in [-0.2, 0) is 19.2 Å². The molecule has 0 spiro atoms. The molecule has 0 aromatic rings. The number of aliphatic carboxylic acids is 1. The van der Waals surface area contributed by atoms with E-state index < -0.39 is 24.0 Å². The van der Waals surface area contributed by atoms with Crippen LogP contribution in [0.4, 0.5) is 0 Å². The van der Waals surface area contributed by atoms with Crippen LogP contribution in [0.5, 0.6) is 0 Å². The van der Waals surface area contributed by atoms with Gasteiger partial charge >= 0.3 is 5.97 Å². The van der Waals surface area contributed by atoms with E-state index in [1.807, 2.05) is 0 Å². The highest BCUT2D eigenvalue weighted by Crippen LogP contribution is 2.05. The van der Waals surface area contributed by atoms with Crippen molar-refractivity contribution in [2.45, 2.75) is 52.6 Å². The van der Waals surface area contributed by atoms with Crippen molar-refractivity contribution in [1.82, 2.24) is 10.6 Å². The summed E-state index contributed by atoms with van der Waals surface area (Å²) in [5.41, 5.74) is 0. The fraction of sp³-hybridized carbons (Fsp3) is 0.692. The second-order valence-corrected chi connectivity index (χ2v) is 5.06. The molecule has 0 bridgehead atoms. The zero-order chi connectivity index (χ0) is 15.9. The Bertz CT molecular complexity index is 392. The monoisotopic (exact) mass is 286 g/mol. The lowest BCUT2D eigenvalue weighted by molar-refractivity contribution is -0.142. The topological polar surface area (TPSA) is 113 Å². The van der Waals surface area contributed by atoms with Crippen LogP contribution in [0.3, 0.4) is 0 Å². The normalized spacial score (nSPS) is 13.4. The first kappa shape index (κ1) is 18.1. The van der Waals surface area contributed by atoms with Crippen molar-refractivity contribution in [2.24, 2.45) is 5.92 Å². The van der Waals surface area contributed by atoms with Crippen LogP contribution < -0.4 is 10.6 Å². The van der Waals surface area contributed by atoms with Gasteiger partial charge in [0.25, 0.3) is 0 Å². The summed E-state index contributed by atoms with van der Waals surface area (Å²) < 4.78 is 0. The molecule has 0 radical (unpaired) electrons. The van der Waals surface area contributed by atoms with Gasteiger partial charge < -0.3 is 20.5 Å². The largest absolute Gasteiger partial charge is 0.480 e. The molecule has 0 unspecified atom stereocenters. The van der Waals surface area contributed by atoms with E-state index in [0.29, 0.717) is 0 Å². The van der Waals surface area contributed by atoms with Gasteiger partial charge in [0.2, 0.25) is 11.8 Å². The number of carbonyl (C=O) groups is 4. The number of hydrogen-bond acceptors (Lipinski definition) is 4. The Hall–Kier alpha value is -1.92. The summed E-state index contributed by atoms with van der Waals surface area (Å²) in [6.45, 7) is 6.12. The van der Waals surface area contributed by atoms with Crippen LogP contribution in [0.1, 0.15) is 40.5 Å². The molecular formula is C13H22N2O5. The van der Waals surface area contributed by atoms with Crippen molar-refractivity contribution < 1.29 is 24.3 Å². The third kappa shape index (κ3) is 6.86. The number of hydrogen-bond donors (Lipinski definition) is 3. The van der Waals surface area contributed by atoms with E-state index in [4.69, 9.17) is 5.11 Å². The number of amides is 2. The molecule has 0 rings (SSSR count). The number of nitrogens with one attached hydrogen (secondary N) is 2. The predicted octanol–water partition coefficient (Wildman–Crippen LogP) is 0.0857. The van der Waals surface area contributed by atoms with Gasteiger partial charge in [-0.1, -0.05) is 13.8 Å². The molecule has 0 aliphatic carbocycles. The second-order valence-electron chi connectivity index (χ2n) is 5.06. The summed E-state index contributed by atoms with van der Waals surface area (Å²) in [6.07, 6.45) is 0.102. The Kier molecular flexibility index (Phi) is 7.49. The molecule has 0 aromatic carbocycles. The molecule has 3 N–H and O–H groups in total. The van der Waals surface area contributed by atoms with Gasteiger partial charge in [0, 0.05) is 13.3 Å². The fourth-order valence-corrected chi connectivity index (χ4v) is 1.62. The van der Waals surface area contributed by atoms with Gasteiger partial charge in [-0.2, -0.15) is 0 Å². The standard InChI is InChI=1S/C13H22N2O5/c1-7(2)11(14-9(4)17)12(18)15-10(13(19)20)6-5-8(3)16/h7,10-11H,5-6H2,1-4H3,(H,14,17)(H,15,18)(H,19,20)/t10-,11+/m0/s1. The van der Waals surface area contributed by atoms with Crippen LogP contribution in [0, 0.1) is 5.92 Å². The lowest BCUT2D eigenvalue weighted by Crippen LogP contribution is -2.53. The average molecular weight is 286 g/mol. The number of carboxylic acids is 1. The van der Waals surface area contributed by atoms with Crippen molar-refractivity contribution in [1.29, 1.82) is 0 Å². The number of Topliss-reactive ketones (excluding diaryl/α,β-unsaturated/α-hetero) is 1. The Balaban J connectivity index is 4.74. The fourth-order valence-electron chi connectivity index (χ4n) is 1.62. The van der Waals surface area contributed by atoms with Gasteiger partial charge in [-0.05, 0) is 19.3 Å². The van der Waals surface area contributed by atoms with Gasteiger partial charge in [-0.25, -0.2) is 4.79 Å². The van der Waals surface area contributed by atoms with Gasteiger partial charge in [-0.3, -0.25) is 9.59 Å². The molecule has 20 heavy (non-hydrogen) atoms. The molecule has 0 aliphatic heterocycles. The molecule has 0 saturated heterocycles. The predicted molar refractivity (Wildman–Crippen MR) is 71.9 cm³/mol. The molecular weight excluding hydrogens is 264 g/mol. The van der Waals surface area contributed by atoms with E-state index >= 15 is 0 Å². The quantitative estimate of drug-likeness (QED) is 0.585. The minimum absolute atomic E-state index is 0.0291. The zero-order valence-corrected chi connectivity index (χ0v) is 12.2. The highest BCUT2D eigenvalue weighted by atomic mass is 16.4. The summed E-state index contributed by atoms with van der Waals surface area (Å²) >= 11 is 0. The Labute approximate surface area is 118 Å². The summed E-state index contributed by atoms with van der Waals surface area (Å²) in [7, 11) is 0. The van der Waals surface area contributed by atoms with Crippen LogP contribution in [0.25, 0.3) is 0 Å². The van der Waals surface area contributed by atoms with Crippen LogP contribution in [-0.4, -0.2) is 40.8 Å². The molecule has 114 valence electrons. The first-order chi connectivity index (χ1) is 9.15. The van der Waals surface area contributed by atoms with Crippen molar-refractivity contribution in [2.75, 3.05) is 0 Å². The van der Waals surface area contributed by atoms with Crippen molar-refractivity contribution in [3.05, 3.63) is 0 Å². The minimum atomic E-state index is -1.20. The zero-order valence-electron chi connectivity index (χ0n) is 12.2. The Morgan fingerprint density at radius 3 is 1.95 bits per heavy atom. The molecule has 2 atom stereocenters. The van der Waals surface area contributed by atoms with E-state index in [0.717, 1.165) is 0 Å². The van der Waals surface area contributed by atoms with Crippen LogP contribution in [0.15, 0.2) is 0 Å². The van der Waals surface area contributed by atoms with Gasteiger partial charge in [0.05, 0.1) is 0 Å². The maximum atomic E-state index is 12.0. The number of rotatable bonds is 8. The SMILES string of the molecule is CC(=O)CC[C@H](NC(=O)[C@H](NC(C)=O)C(C)C)C(=O)O. The molecule has 0 aliphatic rings. The van der Waals surface area contributed by atoms with Gasteiger partial charge in [0.15, 0.2) is 0 Å². The molecule has 7 nitrogen and oxygen atoms in total. The van der Waals surface area contributed by atoms with Crippen LogP contribution >= 0.6 is 0 Å². The van der Waals surface area contributed by atoms with Gasteiger partial charge in [-0.15, -0.1) is 0 Å². The second kappa shape index (κ2) is 8.29. The van der Waals surface area contributed by atoms with Gasteiger partial charge in [0.1, 0.15) is 17.9 Å². The van der Waals surface area contributed by atoms with Crippen molar-refractivity contribution in [3.63, 3.8) is 0 Å². The highest BCUT2D eigenvalue weighted by Gasteiger charge is 2.27. The lowest BCUT2D eigenvalue weighted by atomic mass is 10.0. The third-order valence-corrected chi connectivity index (χ3v) is 2.71. The number of ketones is 1. The summed E-state index contributed by atoms with van der Waals surface area (Å²) in [4.78, 5) is 45.0. The summed E-state index contributed by atoms with van der Waals surface area (Å²) in [6, 6.07) is -1.94. The average Bonchev–Trinajstić information content (AvgIpc) is 2.29. The summed E-state index contributed by atoms with van der Waals surface area (Å²) in [5, 5.41) is 13.9. The lowest BCUT2D eigenvalue weighted by Gasteiger charge is -2.23. The first-order valence-electron chi connectivity index (χ1n) is 6.44. The maximum absolute atomic E-state index is 12.0. The van der Waals surface area contributed by atoms with Crippen molar-refractivity contribution >= 4 is 23.6 Å². The maximum Gasteiger partial charge on any atom is 0.326 e. The minimum Gasteiger partial charge on any atom is -0.480 e.